The molecule has 3 nitrogen and oxygen atoms in total. The summed E-state index contributed by atoms with van der Waals surface area (Å²) in [6, 6.07) is 6.23. The molecule has 0 fully saturated rings. The second-order valence-electron chi connectivity index (χ2n) is 4.29. The Labute approximate surface area is 102 Å². The number of hydrogen-bond acceptors (Lipinski definition) is 3. The van der Waals surface area contributed by atoms with Gasteiger partial charge in [0, 0.05) is 13.0 Å². The van der Waals surface area contributed by atoms with Crippen LogP contribution in [-0.2, 0) is 13.0 Å². The van der Waals surface area contributed by atoms with Gasteiger partial charge in [0.25, 0.3) is 0 Å². The lowest BCUT2D eigenvalue weighted by atomic mass is 10.2. The maximum atomic E-state index is 5.75. The van der Waals surface area contributed by atoms with Gasteiger partial charge in [0.15, 0.2) is 11.5 Å². The molecule has 1 heterocycles. The molecular formula is C14H20N2O. The highest BCUT2D eigenvalue weighted by molar-refractivity contribution is 5.73. The minimum Gasteiger partial charge on any atom is -0.441 e. The van der Waals surface area contributed by atoms with Gasteiger partial charge in [-0.15, -0.1) is 0 Å². The van der Waals surface area contributed by atoms with Gasteiger partial charge in [-0.25, -0.2) is 4.98 Å². The Kier molecular flexibility index (Phi) is 4.15. The van der Waals surface area contributed by atoms with Gasteiger partial charge < -0.3 is 9.73 Å². The van der Waals surface area contributed by atoms with Gasteiger partial charge in [0.2, 0.25) is 0 Å². The molecule has 0 saturated carbocycles. The number of fused-ring (bicyclic) bond motifs is 1. The minimum absolute atomic E-state index is 0.863. The highest BCUT2D eigenvalue weighted by Crippen LogP contribution is 2.18. The van der Waals surface area contributed by atoms with Crippen molar-refractivity contribution in [3.05, 3.63) is 29.7 Å². The summed E-state index contributed by atoms with van der Waals surface area (Å²) in [4.78, 5) is 4.48. The van der Waals surface area contributed by atoms with Gasteiger partial charge in [0.1, 0.15) is 5.52 Å². The fourth-order valence-electron chi connectivity index (χ4n) is 1.83. The number of benzene rings is 1. The van der Waals surface area contributed by atoms with Gasteiger partial charge in [-0.3, -0.25) is 0 Å². The van der Waals surface area contributed by atoms with Crippen LogP contribution in [-0.4, -0.2) is 11.5 Å². The second-order valence-corrected chi connectivity index (χ2v) is 4.29. The summed E-state index contributed by atoms with van der Waals surface area (Å²) in [6.45, 7) is 6.15. The first kappa shape index (κ1) is 12.1. The molecule has 0 amide bonds. The molecule has 0 bridgehead atoms. The van der Waals surface area contributed by atoms with Crippen molar-refractivity contribution in [2.24, 2.45) is 0 Å². The number of rotatable bonds is 6. The predicted octanol–water partition coefficient (Wildman–Crippen LogP) is 3.28. The monoisotopic (exact) mass is 232 g/mol. The zero-order valence-electron chi connectivity index (χ0n) is 10.6. The number of nitrogens with zero attached hydrogens (tertiary/aromatic N) is 1. The molecule has 92 valence electrons. The third-order valence-corrected chi connectivity index (χ3v) is 2.82. The first-order chi connectivity index (χ1) is 8.33. The molecule has 1 aromatic carbocycles. The molecule has 1 aromatic heterocycles. The first-order valence-corrected chi connectivity index (χ1v) is 6.42. The predicted molar refractivity (Wildman–Crippen MR) is 70.0 cm³/mol. The van der Waals surface area contributed by atoms with E-state index in [1.807, 2.05) is 6.07 Å². The summed E-state index contributed by atoms with van der Waals surface area (Å²) in [7, 11) is 0. The Morgan fingerprint density at radius 3 is 2.94 bits per heavy atom. The van der Waals surface area contributed by atoms with E-state index in [0.29, 0.717) is 0 Å². The summed E-state index contributed by atoms with van der Waals surface area (Å²) in [6.07, 6.45) is 3.25. The third-order valence-electron chi connectivity index (χ3n) is 2.82. The zero-order valence-corrected chi connectivity index (χ0v) is 10.6. The molecule has 0 spiro atoms. The average Bonchev–Trinajstić information content (AvgIpc) is 2.75. The maximum absolute atomic E-state index is 5.75. The van der Waals surface area contributed by atoms with Crippen molar-refractivity contribution in [2.75, 3.05) is 6.54 Å². The smallest absolute Gasteiger partial charge is 0.195 e. The molecular weight excluding hydrogens is 212 g/mol. The zero-order chi connectivity index (χ0) is 12.1. The van der Waals surface area contributed by atoms with E-state index in [1.54, 1.807) is 0 Å². The molecule has 0 aliphatic heterocycles. The Bertz CT molecular complexity index is 470. The van der Waals surface area contributed by atoms with Gasteiger partial charge >= 0.3 is 0 Å². The van der Waals surface area contributed by atoms with Crippen molar-refractivity contribution in [1.82, 2.24) is 10.3 Å². The van der Waals surface area contributed by atoms with Crippen LogP contribution >= 0.6 is 0 Å². The van der Waals surface area contributed by atoms with E-state index < -0.39 is 0 Å². The van der Waals surface area contributed by atoms with Crippen LogP contribution in [0.1, 0.15) is 38.1 Å². The lowest BCUT2D eigenvalue weighted by Crippen LogP contribution is -2.11. The van der Waals surface area contributed by atoms with E-state index in [1.165, 1.54) is 12.0 Å². The van der Waals surface area contributed by atoms with Gasteiger partial charge in [-0.1, -0.05) is 26.3 Å². The summed E-state index contributed by atoms with van der Waals surface area (Å²) in [5.41, 5.74) is 3.13. The van der Waals surface area contributed by atoms with E-state index in [2.05, 4.69) is 36.3 Å². The highest BCUT2D eigenvalue weighted by Gasteiger charge is 2.05. The van der Waals surface area contributed by atoms with Crippen LogP contribution in [0.4, 0.5) is 0 Å². The molecule has 2 aromatic rings. The second kappa shape index (κ2) is 5.82. The number of nitrogens with one attached hydrogen (secondary N) is 1. The van der Waals surface area contributed by atoms with Crippen molar-refractivity contribution in [2.45, 2.75) is 39.7 Å². The Morgan fingerprint density at radius 2 is 2.18 bits per heavy atom. The Balaban J connectivity index is 2.15. The maximum Gasteiger partial charge on any atom is 0.195 e. The summed E-state index contributed by atoms with van der Waals surface area (Å²) in [5.74, 6) is 0.863. The van der Waals surface area contributed by atoms with E-state index in [9.17, 15) is 0 Å². The van der Waals surface area contributed by atoms with Crippen molar-refractivity contribution < 1.29 is 4.42 Å². The van der Waals surface area contributed by atoms with Crippen LogP contribution in [0.25, 0.3) is 11.1 Å². The van der Waals surface area contributed by atoms with Crippen molar-refractivity contribution >= 4 is 11.1 Å². The largest absolute Gasteiger partial charge is 0.441 e. The Hall–Kier alpha value is -1.35. The van der Waals surface area contributed by atoms with Crippen molar-refractivity contribution in [3.8, 4) is 0 Å². The van der Waals surface area contributed by atoms with Crippen LogP contribution in [0.3, 0.4) is 0 Å². The fraction of sp³-hybridized carbons (Fsp3) is 0.500. The number of aromatic nitrogens is 1. The molecule has 17 heavy (non-hydrogen) atoms. The van der Waals surface area contributed by atoms with E-state index in [-0.39, 0.29) is 0 Å². The molecule has 0 saturated heterocycles. The number of hydrogen-bond donors (Lipinski definition) is 1. The van der Waals surface area contributed by atoms with E-state index in [0.717, 1.165) is 42.9 Å². The molecule has 2 rings (SSSR count). The van der Waals surface area contributed by atoms with Crippen LogP contribution in [0.2, 0.25) is 0 Å². The molecule has 0 unspecified atom stereocenters. The van der Waals surface area contributed by atoms with Gasteiger partial charge in [-0.05, 0) is 30.7 Å². The highest BCUT2D eigenvalue weighted by atomic mass is 16.3. The topological polar surface area (TPSA) is 38.1 Å². The average molecular weight is 232 g/mol. The van der Waals surface area contributed by atoms with Crippen molar-refractivity contribution in [3.63, 3.8) is 0 Å². The Morgan fingerprint density at radius 1 is 1.29 bits per heavy atom. The number of unbranched alkanes of at least 4 members (excludes halogenated alkanes) is 1. The summed E-state index contributed by atoms with van der Waals surface area (Å²) in [5, 5.41) is 3.31. The lowest BCUT2D eigenvalue weighted by Gasteiger charge is -2.00. The van der Waals surface area contributed by atoms with Crippen molar-refractivity contribution in [1.29, 1.82) is 0 Å². The molecule has 1 N–H and O–H groups in total. The van der Waals surface area contributed by atoms with Gasteiger partial charge in [-0.2, -0.15) is 0 Å². The van der Waals surface area contributed by atoms with Crippen LogP contribution in [0.5, 0.6) is 0 Å². The molecule has 0 aliphatic rings. The van der Waals surface area contributed by atoms with Crippen LogP contribution < -0.4 is 5.32 Å². The molecule has 3 heteroatoms. The van der Waals surface area contributed by atoms with Crippen LogP contribution in [0.15, 0.2) is 22.6 Å². The first-order valence-electron chi connectivity index (χ1n) is 6.42. The third kappa shape index (κ3) is 3.07. The summed E-state index contributed by atoms with van der Waals surface area (Å²) < 4.78 is 5.75. The minimum atomic E-state index is 0.863. The normalized spacial score (nSPS) is 11.2. The van der Waals surface area contributed by atoms with E-state index >= 15 is 0 Å². The number of aryl methyl sites for hydroxylation is 1. The SMILES string of the molecule is CCCCc1nc2ccc(CNCC)cc2o1. The number of oxazole rings is 1. The fourth-order valence-corrected chi connectivity index (χ4v) is 1.83. The van der Waals surface area contributed by atoms with Crippen LogP contribution in [0, 0.1) is 0 Å². The van der Waals surface area contributed by atoms with Gasteiger partial charge in [0.05, 0.1) is 0 Å². The quantitative estimate of drug-likeness (QED) is 0.830. The lowest BCUT2D eigenvalue weighted by molar-refractivity contribution is 0.517. The van der Waals surface area contributed by atoms with E-state index in [4.69, 9.17) is 4.42 Å². The molecule has 0 aliphatic carbocycles. The summed E-state index contributed by atoms with van der Waals surface area (Å²) >= 11 is 0. The molecule has 0 atom stereocenters. The molecule has 0 radical (unpaired) electrons. The standard InChI is InChI=1S/C14H20N2O/c1-3-5-6-14-16-12-8-7-11(10-15-4-2)9-13(12)17-14/h7-9,15H,3-6,10H2,1-2H3.